The van der Waals surface area contributed by atoms with Crippen LogP contribution in [0.3, 0.4) is 0 Å². The lowest BCUT2D eigenvalue weighted by molar-refractivity contribution is 0.527. The SMILES string of the molecule is NNC(Cc1ccc(Br)s1)C1CSCCS1. The number of nitrogens with one attached hydrogen (secondary N) is 1. The summed E-state index contributed by atoms with van der Waals surface area (Å²) in [4.78, 5) is 1.39. The van der Waals surface area contributed by atoms with Gasteiger partial charge in [0.05, 0.1) is 3.79 Å². The van der Waals surface area contributed by atoms with Crippen molar-refractivity contribution in [1.82, 2.24) is 5.43 Å². The van der Waals surface area contributed by atoms with Crippen LogP contribution >= 0.6 is 50.8 Å². The van der Waals surface area contributed by atoms with E-state index in [1.54, 1.807) is 11.3 Å². The van der Waals surface area contributed by atoms with E-state index in [1.165, 1.54) is 25.9 Å². The lowest BCUT2D eigenvalue weighted by atomic mass is 10.1. The summed E-state index contributed by atoms with van der Waals surface area (Å²) in [6.07, 6.45) is 1.03. The topological polar surface area (TPSA) is 38.0 Å². The summed E-state index contributed by atoms with van der Waals surface area (Å²) in [6.45, 7) is 0. The summed E-state index contributed by atoms with van der Waals surface area (Å²) < 4.78 is 1.20. The summed E-state index contributed by atoms with van der Waals surface area (Å²) in [7, 11) is 0. The maximum Gasteiger partial charge on any atom is 0.0701 e. The van der Waals surface area contributed by atoms with Crippen LogP contribution in [-0.4, -0.2) is 28.6 Å². The maximum absolute atomic E-state index is 5.68. The summed E-state index contributed by atoms with van der Waals surface area (Å²) in [5, 5.41) is 0.643. The zero-order valence-electron chi connectivity index (χ0n) is 8.82. The number of hydrogen-bond donors (Lipinski definition) is 2. The van der Waals surface area contributed by atoms with Crippen molar-refractivity contribution in [3.8, 4) is 0 Å². The van der Waals surface area contributed by atoms with E-state index in [4.69, 9.17) is 5.84 Å². The summed E-state index contributed by atoms with van der Waals surface area (Å²) in [5.41, 5.74) is 2.99. The van der Waals surface area contributed by atoms with E-state index < -0.39 is 0 Å². The fraction of sp³-hybridized carbons (Fsp3) is 0.600. The first-order valence-electron chi connectivity index (χ1n) is 5.19. The molecule has 0 aromatic carbocycles. The van der Waals surface area contributed by atoms with E-state index in [1.807, 2.05) is 11.8 Å². The van der Waals surface area contributed by atoms with E-state index in [-0.39, 0.29) is 0 Å². The van der Waals surface area contributed by atoms with Crippen molar-refractivity contribution in [3.63, 3.8) is 0 Å². The zero-order valence-corrected chi connectivity index (χ0v) is 12.9. The molecule has 6 heteroatoms. The highest BCUT2D eigenvalue weighted by Gasteiger charge is 2.24. The number of halogens is 1. The molecule has 2 atom stereocenters. The molecule has 3 N–H and O–H groups in total. The second-order valence-corrected chi connectivity index (χ2v) is 8.71. The Balaban J connectivity index is 1.94. The predicted octanol–water partition coefficient (Wildman–Crippen LogP) is 2.73. The third-order valence-corrected chi connectivity index (χ3v) is 7.12. The monoisotopic (exact) mass is 338 g/mol. The Bertz CT molecular complexity index is 326. The molecule has 0 spiro atoms. The van der Waals surface area contributed by atoms with Gasteiger partial charge < -0.3 is 0 Å². The highest BCUT2D eigenvalue weighted by Crippen LogP contribution is 2.29. The Hall–Kier alpha value is 0.800. The van der Waals surface area contributed by atoms with Crippen molar-refractivity contribution in [2.24, 2.45) is 5.84 Å². The van der Waals surface area contributed by atoms with Gasteiger partial charge in [-0.15, -0.1) is 11.3 Å². The van der Waals surface area contributed by atoms with Gasteiger partial charge in [0.2, 0.25) is 0 Å². The van der Waals surface area contributed by atoms with Gasteiger partial charge in [-0.3, -0.25) is 11.3 Å². The first kappa shape index (κ1) is 13.2. The van der Waals surface area contributed by atoms with Gasteiger partial charge >= 0.3 is 0 Å². The fourth-order valence-electron chi connectivity index (χ4n) is 1.71. The molecule has 1 fully saturated rings. The minimum atomic E-state index is 0.392. The molecule has 1 aliphatic heterocycles. The van der Waals surface area contributed by atoms with Crippen LogP contribution in [0.2, 0.25) is 0 Å². The molecule has 0 bridgehead atoms. The Morgan fingerprint density at radius 2 is 2.38 bits per heavy atom. The van der Waals surface area contributed by atoms with Gasteiger partial charge in [-0.05, 0) is 34.5 Å². The third kappa shape index (κ3) is 3.65. The molecular weight excluding hydrogens is 324 g/mol. The first-order chi connectivity index (χ1) is 7.79. The first-order valence-corrected chi connectivity index (χ1v) is 9.00. The minimum absolute atomic E-state index is 0.392. The standard InChI is InChI=1S/C10H15BrN2S3/c11-10-2-1-7(16-10)5-8(13-12)9-6-14-3-4-15-9/h1-2,8-9,13H,3-6,12H2. The van der Waals surface area contributed by atoms with E-state index >= 15 is 0 Å². The van der Waals surface area contributed by atoms with Crippen molar-refractivity contribution in [3.05, 3.63) is 20.8 Å². The van der Waals surface area contributed by atoms with Gasteiger partial charge in [-0.25, -0.2) is 0 Å². The Morgan fingerprint density at radius 1 is 1.50 bits per heavy atom. The fourth-order valence-corrected chi connectivity index (χ4v) is 6.13. The van der Waals surface area contributed by atoms with Gasteiger partial charge in [0.1, 0.15) is 0 Å². The second kappa shape index (κ2) is 6.66. The number of rotatable bonds is 4. The van der Waals surface area contributed by atoms with Gasteiger partial charge in [0, 0.05) is 33.4 Å². The quantitative estimate of drug-likeness (QED) is 0.653. The summed E-state index contributed by atoms with van der Waals surface area (Å²) in [5.74, 6) is 9.43. The van der Waals surface area contributed by atoms with E-state index in [2.05, 4.69) is 45.3 Å². The van der Waals surface area contributed by atoms with E-state index in [9.17, 15) is 0 Å². The van der Waals surface area contributed by atoms with Crippen LogP contribution in [-0.2, 0) is 6.42 Å². The van der Waals surface area contributed by atoms with E-state index in [0.717, 1.165) is 6.42 Å². The normalized spacial score (nSPS) is 23.2. The molecule has 2 nitrogen and oxygen atoms in total. The second-order valence-electron chi connectivity index (χ2n) is 3.67. The summed E-state index contributed by atoms with van der Waals surface area (Å²) >= 11 is 9.39. The number of thioether (sulfide) groups is 2. The average Bonchev–Trinajstić information content (AvgIpc) is 2.73. The number of hydrogen-bond acceptors (Lipinski definition) is 5. The molecule has 0 amide bonds. The zero-order chi connectivity index (χ0) is 11.4. The Kier molecular flexibility index (Phi) is 5.51. The molecule has 1 saturated heterocycles. The van der Waals surface area contributed by atoms with Gasteiger partial charge in [-0.1, -0.05) is 0 Å². The molecule has 0 saturated carbocycles. The van der Waals surface area contributed by atoms with Crippen molar-refractivity contribution >= 4 is 50.8 Å². The van der Waals surface area contributed by atoms with Crippen molar-refractivity contribution < 1.29 is 0 Å². The van der Waals surface area contributed by atoms with Gasteiger partial charge in [-0.2, -0.15) is 23.5 Å². The molecule has 16 heavy (non-hydrogen) atoms. The Morgan fingerprint density at radius 3 is 2.94 bits per heavy atom. The minimum Gasteiger partial charge on any atom is -0.271 e. The van der Waals surface area contributed by atoms with Gasteiger partial charge in [0.15, 0.2) is 0 Å². The number of thiophene rings is 1. The molecule has 2 unspecified atom stereocenters. The van der Waals surface area contributed by atoms with Crippen molar-refractivity contribution in [1.29, 1.82) is 0 Å². The molecule has 2 rings (SSSR count). The molecule has 1 aromatic rings. The third-order valence-electron chi connectivity index (χ3n) is 2.55. The molecule has 1 aromatic heterocycles. The predicted molar refractivity (Wildman–Crippen MR) is 80.4 cm³/mol. The van der Waals surface area contributed by atoms with Crippen molar-refractivity contribution in [2.75, 3.05) is 17.3 Å². The van der Waals surface area contributed by atoms with Crippen LogP contribution in [0.15, 0.2) is 15.9 Å². The van der Waals surface area contributed by atoms with Gasteiger partial charge in [0.25, 0.3) is 0 Å². The smallest absolute Gasteiger partial charge is 0.0701 e. The van der Waals surface area contributed by atoms with Crippen molar-refractivity contribution in [2.45, 2.75) is 17.7 Å². The maximum atomic E-state index is 5.68. The summed E-state index contributed by atoms with van der Waals surface area (Å²) in [6, 6.07) is 4.68. The number of hydrazine groups is 1. The molecule has 2 heterocycles. The molecule has 0 radical (unpaired) electrons. The van der Waals surface area contributed by atoms with Crippen LogP contribution in [0.25, 0.3) is 0 Å². The molecular formula is C10H15BrN2S3. The van der Waals surface area contributed by atoms with Crippen LogP contribution in [0.1, 0.15) is 4.88 Å². The van der Waals surface area contributed by atoms with Crippen LogP contribution in [0.4, 0.5) is 0 Å². The average molecular weight is 339 g/mol. The largest absolute Gasteiger partial charge is 0.271 e. The molecule has 1 aliphatic rings. The van der Waals surface area contributed by atoms with Crippen LogP contribution in [0.5, 0.6) is 0 Å². The lowest BCUT2D eigenvalue weighted by Gasteiger charge is -2.28. The van der Waals surface area contributed by atoms with E-state index in [0.29, 0.717) is 11.3 Å². The number of nitrogens with two attached hydrogens (primary N) is 1. The highest BCUT2D eigenvalue weighted by molar-refractivity contribution is 9.11. The highest BCUT2D eigenvalue weighted by atomic mass is 79.9. The van der Waals surface area contributed by atoms with Crippen LogP contribution in [0, 0.1) is 0 Å². The lowest BCUT2D eigenvalue weighted by Crippen LogP contribution is -2.46. The van der Waals surface area contributed by atoms with Crippen LogP contribution < -0.4 is 11.3 Å². The molecule has 90 valence electrons. The Labute approximate surface area is 117 Å². The molecule has 0 aliphatic carbocycles.